The summed E-state index contributed by atoms with van der Waals surface area (Å²) in [7, 11) is 2.90. The topological polar surface area (TPSA) is 112 Å². The number of methoxy groups -OCH3 is 2. The van der Waals surface area contributed by atoms with E-state index in [0.29, 0.717) is 45.3 Å². The Kier molecular flexibility index (Phi) is 5.13. The minimum absolute atomic E-state index is 0.0121. The van der Waals surface area contributed by atoms with Gasteiger partial charge in [-0.1, -0.05) is 12.1 Å². The maximum Gasteiger partial charge on any atom is 0.312 e. The van der Waals surface area contributed by atoms with Gasteiger partial charge < -0.3 is 29.2 Å². The second-order valence-electron chi connectivity index (χ2n) is 7.89. The molecule has 0 aliphatic carbocycles. The minimum Gasteiger partial charge on any atom is -0.504 e. The molecule has 2 N–H and O–H groups in total. The van der Waals surface area contributed by atoms with Crippen LogP contribution < -0.4 is 18.9 Å². The zero-order valence-corrected chi connectivity index (χ0v) is 18.3. The molecule has 0 radical (unpaired) electrons. The van der Waals surface area contributed by atoms with Gasteiger partial charge in [-0.2, -0.15) is 0 Å². The van der Waals surface area contributed by atoms with Crippen molar-refractivity contribution in [1.82, 2.24) is 0 Å². The number of ether oxygens (including phenoxy) is 4. The molecule has 8 nitrogen and oxygen atoms in total. The van der Waals surface area contributed by atoms with Crippen LogP contribution in [0.3, 0.4) is 0 Å². The Morgan fingerprint density at radius 3 is 2.29 bits per heavy atom. The van der Waals surface area contributed by atoms with E-state index in [2.05, 4.69) is 0 Å². The Hall–Kier alpha value is -4.46. The molecule has 8 heteroatoms. The van der Waals surface area contributed by atoms with E-state index < -0.39 is 11.9 Å². The molecule has 2 aliphatic rings. The molecule has 0 fully saturated rings. The van der Waals surface area contributed by atoms with Crippen LogP contribution in [-0.2, 0) is 4.79 Å². The molecule has 3 aromatic rings. The maximum atomic E-state index is 13.1. The summed E-state index contributed by atoms with van der Waals surface area (Å²) in [5, 5.41) is 20.3. The summed E-state index contributed by atoms with van der Waals surface area (Å²) in [5.41, 5.74) is 2.09. The summed E-state index contributed by atoms with van der Waals surface area (Å²) in [5.74, 6) is -0.103. The van der Waals surface area contributed by atoms with Gasteiger partial charge in [-0.3, -0.25) is 9.59 Å². The molecule has 5 rings (SSSR count). The number of carbonyl (C=O) groups is 2. The van der Waals surface area contributed by atoms with Gasteiger partial charge in [-0.15, -0.1) is 0 Å². The number of phenolic OH excluding ortho intramolecular Hbond substituents is 2. The van der Waals surface area contributed by atoms with Crippen molar-refractivity contribution in [2.24, 2.45) is 0 Å². The number of hydrogen-bond donors (Lipinski definition) is 2. The average molecular weight is 460 g/mol. The number of carbonyl (C=O) groups excluding carboxylic acids is 2. The van der Waals surface area contributed by atoms with E-state index in [4.69, 9.17) is 18.9 Å². The Morgan fingerprint density at radius 1 is 0.912 bits per heavy atom. The lowest BCUT2D eigenvalue weighted by Gasteiger charge is -2.26. The van der Waals surface area contributed by atoms with Crippen molar-refractivity contribution >= 4 is 17.8 Å². The van der Waals surface area contributed by atoms with E-state index in [1.807, 2.05) is 0 Å². The lowest BCUT2D eigenvalue weighted by molar-refractivity contribution is -0.135. The van der Waals surface area contributed by atoms with Crippen LogP contribution >= 0.6 is 0 Å². The van der Waals surface area contributed by atoms with Gasteiger partial charge in [0.2, 0.25) is 5.78 Å². The number of esters is 1. The number of benzene rings is 3. The third-order valence-corrected chi connectivity index (χ3v) is 5.89. The lowest BCUT2D eigenvalue weighted by atomic mass is 9.84. The number of fused-ring (bicyclic) bond motifs is 3. The molecule has 34 heavy (non-hydrogen) atoms. The highest BCUT2D eigenvalue weighted by atomic mass is 16.5. The number of allylic oxidation sites excluding steroid dienone is 1. The molecule has 0 unspecified atom stereocenters. The Bertz CT molecular complexity index is 1370. The zero-order valence-electron chi connectivity index (χ0n) is 18.3. The third kappa shape index (κ3) is 3.49. The van der Waals surface area contributed by atoms with Gasteiger partial charge in [-0.05, 0) is 53.6 Å². The molecular formula is C26H20O8. The zero-order chi connectivity index (χ0) is 24.0. The molecule has 0 spiro atoms. The number of aromatic hydroxyl groups is 2. The standard InChI is InChI=1S/C26H20O8/c1-31-19-6-3-13(9-17(19)27)10-22-25(30)15-5-8-21-24(26(15)34-22)16(12-23(29)33-21)14-4-7-20(32-2)18(28)11-14/h3-11,16,27-28H,12H2,1-2H3/b22-10-/t16-/m0/s1. The summed E-state index contributed by atoms with van der Waals surface area (Å²) in [4.78, 5) is 25.4. The van der Waals surface area contributed by atoms with E-state index in [9.17, 15) is 19.8 Å². The summed E-state index contributed by atoms with van der Waals surface area (Å²) in [6.45, 7) is 0. The number of Topliss-reactive ketones (excluding diaryl/α,β-unsaturated/α-hetero) is 1. The number of rotatable bonds is 4. The van der Waals surface area contributed by atoms with Crippen molar-refractivity contribution in [3.63, 3.8) is 0 Å². The first kappa shape index (κ1) is 21.4. The van der Waals surface area contributed by atoms with Gasteiger partial charge in [0, 0.05) is 11.5 Å². The fourth-order valence-electron chi connectivity index (χ4n) is 4.26. The largest absolute Gasteiger partial charge is 0.504 e. The van der Waals surface area contributed by atoms with Gasteiger partial charge in [0.15, 0.2) is 28.8 Å². The molecule has 1 atom stereocenters. The molecule has 2 heterocycles. The smallest absolute Gasteiger partial charge is 0.312 e. The molecule has 0 bridgehead atoms. The van der Waals surface area contributed by atoms with Crippen molar-refractivity contribution in [2.75, 3.05) is 14.2 Å². The van der Waals surface area contributed by atoms with Crippen LogP contribution in [0.15, 0.2) is 54.3 Å². The molecule has 3 aromatic carbocycles. The molecule has 0 saturated carbocycles. The van der Waals surface area contributed by atoms with Crippen molar-refractivity contribution in [2.45, 2.75) is 12.3 Å². The molecule has 0 saturated heterocycles. The highest BCUT2D eigenvalue weighted by molar-refractivity contribution is 6.15. The Morgan fingerprint density at radius 2 is 1.62 bits per heavy atom. The van der Waals surface area contributed by atoms with Gasteiger partial charge in [0.05, 0.1) is 26.2 Å². The highest BCUT2D eigenvalue weighted by Gasteiger charge is 2.38. The third-order valence-electron chi connectivity index (χ3n) is 5.89. The fourth-order valence-corrected chi connectivity index (χ4v) is 4.26. The van der Waals surface area contributed by atoms with Gasteiger partial charge in [0.1, 0.15) is 11.5 Å². The molecular weight excluding hydrogens is 440 g/mol. The van der Waals surface area contributed by atoms with Crippen LogP contribution in [0.25, 0.3) is 6.08 Å². The summed E-state index contributed by atoms with van der Waals surface area (Å²) >= 11 is 0. The van der Waals surface area contributed by atoms with Crippen molar-refractivity contribution in [3.05, 3.63) is 76.5 Å². The second-order valence-corrected chi connectivity index (χ2v) is 7.89. The van der Waals surface area contributed by atoms with Crippen molar-refractivity contribution in [1.29, 1.82) is 0 Å². The fraction of sp³-hybridized carbons (Fsp3) is 0.154. The average Bonchev–Trinajstić information content (AvgIpc) is 3.13. The maximum absolute atomic E-state index is 13.1. The van der Waals surface area contributed by atoms with E-state index in [-0.39, 0.29) is 29.5 Å². The lowest BCUT2D eigenvalue weighted by Crippen LogP contribution is -2.21. The monoisotopic (exact) mass is 460 g/mol. The first-order valence-electron chi connectivity index (χ1n) is 10.4. The van der Waals surface area contributed by atoms with Gasteiger partial charge >= 0.3 is 5.97 Å². The molecule has 0 amide bonds. The van der Waals surface area contributed by atoms with Crippen LogP contribution in [0.2, 0.25) is 0 Å². The van der Waals surface area contributed by atoms with E-state index in [1.165, 1.54) is 32.4 Å². The van der Waals surface area contributed by atoms with E-state index >= 15 is 0 Å². The van der Waals surface area contributed by atoms with Crippen molar-refractivity contribution < 1.29 is 38.7 Å². The van der Waals surface area contributed by atoms with Crippen LogP contribution in [0, 0.1) is 0 Å². The summed E-state index contributed by atoms with van der Waals surface area (Å²) in [6.07, 6.45) is 1.54. The number of phenols is 2. The minimum atomic E-state index is -0.500. The first-order valence-corrected chi connectivity index (χ1v) is 10.4. The Balaban J connectivity index is 1.58. The molecule has 0 aromatic heterocycles. The molecule has 172 valence electrons. The van der Waals surface area contributed by atoms with E-state index in [0.717, 1.165) is 0 Å². The number of ketones is 1. The Labute approximate surface area is 194 Å². The van der Waals surface area contributed by atoms with Crippen molar-refractivity contribution in [3.8, 4) is 34.5 Å². The number of hydrogen-bond acceptors (Lipinski definition) is 8. The van der Waals surface area contributed by atoms with E-state index in [1.54, 1.807) is 36.4 Å². The second kappa shape index (κ2) is 8.15. The first-order chi connectivity index (χ1) is 16.4. The predicted molar refractivity (Wildman–Crippen MR) is 121 cm³/mol. The van der Waals surface area contributed by atoms with Crippen LogP contribution in [0.5, 0.6) is 34.5 Å². The van der Waals surface area contributed by atoms with Crippen LogP contribution in [0.1, 0.15) is 39.4 Å². The SMILES string of the molecule is COc1ccc(/C=C2\Oc3c(ccc4c3[C@H](c3ccc(OC)c(O)c3)CC(=O)O4)C2=O)cc1O. The highest BCUT2D eigenvalue weighted by Crippen LogP contribution is 2.49. The summed E-state index contributed by atoms with van der Waals surface area (Å²) in [6, 6.07) is 12.8. The predicted octanol–water partition coefficient (Wildman–Crippen LogP) is 4.17. The quantitative estimate of drug-likeness (QED) is 0.339. The van der Waals surface area contributed by atoms with Gasteiger partial charge in [-0.25, -0.2) is 0 Å². The van der Waals surface area contributed by atoms with Crippen LogP contribution in [-0.4, -0.2) is 36.2 Å². The molecule has 2 aliphatic heterocycles. The van der Waals surface area contributed by atoms with Gasteiger partial charge in [0.25, 0.3) is 0 Å². The van der Waals surface area contributed by atoms with Crippen LogP contribution in [0.4, 0.5) is 0 Å². The normalized spacial score (nSPS) is 17.6. The summed E-state index contributed by atoms with van der Waals surface area (Å²) < 4.78 is 21.6.